The quantitative estimate of drug-likeness (QED) is 0.762. The van der Waals surface area contributed by atoms with E-state index in [1.54, 1.807) is 17.3 Å². The lowest BCUT2D eigenvalue weighted by atomic mass is 9.48. The number of aromatic nitrogens is 3. The van der Waals surface area contributed by atoms with E-state index in [1.807, 2.05) is 0 Å². The number of fused-ring (bicyclic) bond motifs is 1. The maximum Gasteiger partial charge on any atom is 0.292 e. The highest BCUT2D eigenvalue weighted by atomic mass is 16.5. The molecule has 5 aliphatic rings. The Bertz CT molecular complexity index is 940. The van der Waals surface area contributed by atoms with E-state index in [-0.39, 0.29) is 23.2 Å². The Kier molecular flexibility index (Phi) is 4.52. The molecule has 2 aromatic rings. The first kappa shape index (κ1) is 19.2. The van der Waals surface area contributed by atoms with Gasteiger partial charge in [0.15, 0.2) is 0 Å². The van der Waals surface area contributed by atoms with E-state index in [0.717, 1.165) is 34.8 Å². The third-order valence-corrected chi connectivity index (χ3v) is 8.20. The van der Waals surface area contributed by atoms with Gasteiger partial charge in [0, 0.05) is 24.7 Å². The van der Waals surface area contributed by atoms with E-state index in [1.165, 1.54) is 44.7 Å². The number of carbonyl (C=O) groups excluding carboxylic acids is 1. The molecule has 2 N–H and O–H groups in total. The van der Waals surface area contributed by atoms with E-state index < -0.39 is 0 Å². The first-order valence-corrected chi connectivity index (χ1v) is 11.5. The Morgan fingerprint density at radius 3 is 2.65 bits per heavy atom. The van der Waals surface area contributed by atoms with Crippen LogP contribution in [0.4, 0.5) is 5.82 Å². The lowest BCUT2D eigenvalue weighted by Crippen LogP contribution is -2.53. The minimum Gasteiger partial charge on any atom is -0.391 e. The van der Waals surface area contributed by atoms with Crippen LogP contribution < -0.4 is 5.32 Å². The van der Waals surface area contributed by atoms with Gasteiger partial charge in [-0.3, -0.25) is 4.79 Å². The maximum absolute atomic E-state index is 12.6. The van der Waals surface area contributed by atoms with E-state index >= 15 is 0 Å². The van der Waals surface area contributed by atoms with Gasteiger partial charge in [0.2, 0.25) is 5.76 Å². The van der Waals surface area contributed by atoms with Crippen LogP contribution in [-0.4, -0.2) is 50.2 Å². The summed E-state index contributed by atoms with van der Waals surface area (Å²) in [6.07, 6.45) is 11.0. The number of nitrogens with one attached hydrogen (secondary N) is 1. The fraction of sp³-hybridized carbons (Fsp3) is 0.652. The van der Waals surface area contributed by atoms with E-state index in [0.29, 0.717) is 26.1 Å². The highest BCUT2D eigenvalue weighted by Gasteiger charge is 2.53. The van der Waals surface area contributed by atoms with Gasteiger partial charge in [-0.25, -0.2) is 9.97 Å². The third-order valence-electron chi connectivity index (χ3n) is 8.20. The molecule has 8 nitrogen and oxygen atoms in total. The molecule has 7 rings (SSSR count). The van der Waals surface area contributed by atoms with Crippen molar-refractivity contribution < 1.29 is 14.4 Å². The largest absolute Gasteiger partial charge is 0.391 e. The number of hydrogen-bond acceptors (Lipinski definition) is 7. The second kappa shape index (κ2) is 7.29. The van der Waals surface area contributed by atoms with E-state index in [2.05, 4.69) is 20.4 Å². The number of anilines is 1. The number of rotatable bonds is 5. The lowest BCUT2D eigenvalue weighted by molar-refractivity contribution is -0.115. The predicted molar refractivity (Wildman–Crippen MR) is 112 cm³/mol. The molecule has 4 fully saturated rings. The second-order valence-corrected chi connectivity index (χ2v) is 10.2. The summed E-state index contributed by atoms with van der Waals surface area (Å²) in [7, 11) is 0. The van der Waals surface area contributed by atoms with Crippen LogP contribution >= 0.6 is 0 Å². The first-order valence-electron chi connectivity index (χ1n) is 11.5. The van der Waals surface area contributed by atoms with Gasteiger partial charge in [0.05, 0.1) is 24.5 Å². The molecule has 3 heterocycles. The van der Waals surface area contributed by atoms with E-state index in [9.17, 15) is 9.90 Å². The van der Waals surface area contributed by atoms with Crippen molar-refractivity contribution in [2.24, 2.45) is 23.2 Å². The molecule has 31 heavy (non-hydrogen) atoms. The number of nitrogens with zero attached hydrogens (tertiary/aromatic N) is 4. The molecule has 1 atom stereocenters. The van der Waals surface area contributed by atoms with Gasteiger partial charge < -0.3 is 19.8 Å². The van der Waals surface area contributed by atoms with Crippen LogP contribution in [0.1, 0.15) is 60.3 Å². The Balaban J connectivity index is 1.14. The summed E-state index contributed by atoms with van der Waals surface area (Å²) in [6.45, 7) is 1.52. The number of hydrogen-bond donors (Lipinski definition) is 2. The zero-order valence-electron chi connectivity index (χ0n) is 17.7. The zero-order chi connectivity index (χ0) is 21.0. The molecule has 1 amide bonds. The van der Waals surface area contributed by atoms with Gasteiger partial charge in [0.25, 0.3) is 5.91 Å². The molecule has 1 aliphatic heterocycles. The van der Waals surface area contributed by atoms with Crippen molar-refractivity contribution in [3.8, 4) is 0 Å². The summed E-state index contributed by atoms with van der Waals surface area (Å²) in [5.41, 5.74) is 1.98. The Hall–Kier alpha value is -2.48. The van der Waals surface area contributed by atoms with Crippen molar-refractivity contribution >= 4 is 11.7 Å². The Morgan fingerprint density at radius 1 is 1.23 bits per heavy atom. The molecule has 8 heteroatoms. The molecule has 0 aromatic carbocycles. The number of amides is 1. The minimum absolute atomic E-state index is 0.0924. The molecule has 4 aliphatic carbocycles. The molecule has 4 saturated carbocycles. The summed E-state index contributed by atoms with van der Waals surface area (Å²) in [5, 5.41) is 18.3. The van der Waals surface area contributed by atoms with Gasteiger partial charge >= 0.3 is 0 Å². The zero-order valence-corrected chi connectivity index (χ0v) is 17.7. The fourth-order valence-corrected chi connectivity index (χ4v) is 7.16. The monoisotopic (exact) mass is 423 g/mol. The number of aliphatic hydroxyl groups excluding tert-OH is 1. The summed E-state index contributed by atoms with van der Waals surface area (Å²) in [4.78, 5) is 23.2. The van der Waals surface area contributed by atoms with Crippen LogP contribution in [0, 0.1) is 23.2 Å². The SMILES string of the molecule is O=C(c1ccno1)N1CCc2c(ncnc2NCC(O)C23CC4CC(CC(C4)C2)C3)C1. The van der Waals surface area contributed by atoms with Crippen molar-refractivity contribution in [3.63, 3.8) is 0 Å². The van der Waals surface area contributed by atoms with Gasteiger partial charge in [0.1, 0.15) is 12.1 Å². The van der Waals surface area contributed by atoms with Crippen molar-refractivity contribution in [2.45, 2.75) is 57.6 Å². The van der Waals surface area contributed by atoms with Gasteiger partial charge in [-0.15, -0.1) is 0 Å². The molecule has 4 bridgehead atoms. The first-order chi connectivity index (χ1) is 15.1. The average molecular weight is 424 g/mol. The lowest BCUT2D eigenvalue weighted by Gasteiger charge is -2.58. The fourth-order valence-electron chi connectivity index (χ4n) is 7.16. The third kappa shape index (κ3) is 3.32. The van der Waals surface area contributed by atoms with E-state index in [4.69, 9.17) is 4.52 Å². The van der Waals surface area contributed by atoms with Crippen molar-refractivity contribution in [1.29, 1.82) is 0 Å². The molecular formula is C23H29N5O3. The van der Waals surface area contributed by atoms with Crippen LogP contribution in [0.2, 0.25) is 0 Å². The summed E-state index contributed by atoms with van der Waals surface area (Å²) < 4.78 is 5.01. The van der Waals surface area contributed by atoms with Gasteiger partial charge in [-0.1, -0.05) is 5.16 Å². The highest BCUT2D eigenvalue weighted by molar-refractivity contribution is 5.91. The Morgan fingerprint density at radius 2 is 1.97 bits per heavy atom. The molecule has 1 unspecified atom stereocenters. The molecular weight excluding hydrogens is 394 g/mol. The van der Waals surface area contributed by atoms with Crippen LogP contribution in [0.25, 0.3) is 0 Å². The Labute approximate surface area is 181 Å². The van der Waals surface area contributed by atoms with Crippen molar-refractivity contribution in [3.05, 3.63) is 35.6 Å². The topological polar surface area (TPSA) is 104 Å². The van der Waals surface area contributed by atoms with Crippen molar-refractivity contribution in [2.75, 3.05) is 18.4 Å². The standard InChI is InChI=1S/C23H29N5O3/c29-20(23-8-14-5-15(9-23)7-16(6-14)10-23)11-24-21-17-2-4-28(12-18(17)25-13-26-21)22(30)19-1-3-27-31-19/h1,3,13-16,20,29H,2,4-12H2,(H,24,25,26). The van der Waals surface area contributed by atoms with Crippen LogP contribution in [-0.2, 0) is 13.0 Å². The summed E-state index contributed by atoms with van der Waals surface area (Å²) >= 11 is 0. The molecule has 0 spiro atoms. The minimum atomic E-state index is -0.348. The number of carbonyl (C=O) groups is 1. The molecule has 164 valence electrons. The van der Waals surface area contributed by atoms with Gasteiger partial charge in [-0.05, 0) is 68.1 Å². The molecule has 2 aromatic heterocycles. The summed E-state index contributed by atoms with van der Waals surface area (Å²) in [5.74, 6) is 3.32. The second-order valence-electron chi connectivity index (χ2n) is 10.2. The normalized spacial score (nSPS) is 32.0. The van der Waals surface area contributed by atoms with Gasteiger partial charge in [-0.2, -0.15) is 0 Å². The summed E-state index contributed by atoms with van der Waals surface area (Å²) in [6, 6.07) is 1.58. The number of aliphatic hydroxyl groups is 1. The maximum atomic E-state index is 12.6. The van der Waals surface area contributed by atoms with Crippen LogP contribution in [0.3, 0.4) is 0 Å². The van der Waals surface area contributed by atoms with Crippen LogP contribution in [0.15, 0.2) is 23.1 Å². The molecule has 0 radical (unpaired) electrons. The predicted octanol–water partition coefficient (Wildman–Crippen LogP) is 2.65. The van der Waals surface area contributed by atoms with Crippen LogP contribution in [0.5, 0.6) is 0 Å². The molecule has 0 saturated heterocycles. The van der Waals surface area contributed by atoms with Crippen molar-refractivity contribution in [1.82, 2.24) is 20.0 Å². The average Bonchev–Trinajstić information content (AvgIpc) is 3.30. The smallest absolute Gasteiger partial charge is 0.292 e. The highest BCUT2D eigenvalue weighted by Crippen LogP contribution is 2.61.